The van der Waals surface area contributed by atoms with Gasteiger partial charge in [0.05, 0.1) is 16.5 Å². The molecule has 0 aromatic heterocycles. The Morgan fingerprint density at radius 1 is 0.825 bits per heavy atom. The summed E-state index contributed by atoms with van der Waals surface area (Å²) in [4.78, 5) is 2.52. The van der Waals surface area contributed by atoms with Gasteiger partial charge in [0.2, 0.25) is 5.69 Å². The molecule has 6 rings (SSSR count). The quantitative estimate of drug-likeness (QED) is 0.172. The van der Waals surface area contributed by atoms with E-state index < -0.39 is 0 Å². The lowest BCUT2D eigenvalue weighted by molar-refractivity contribution is -0.436. The highest BCUT2D eigenvalue weighted by atomic mass is 15.2. The second-order valence-electron chi connectivity index (χ2n) is 12.0. The molecule has 2 heterocycles. The molecule has 2 aliphatic heterocycles. The number of benzene rings is 4. The number of nitrogens with zero attached hydrogens (tertiary/aromatic N) is 2. The average molecular weight is 526 g/mol. The Balaban J connectivity index is 1.50. The van der Waals surface area contributed by atoms with E-state index in [1.807, 2.05) is 0 Å². The zero-order valence-corrected chi connectivity index (χ0v) is 24.7. The molecular formula is C38H41N2+. The molecule has 0 bridgehead atoms. The van der Waals surface area contributed by atoms with E-state index in [1.165, 1.54) is 55.5 Å². The van der Waals surface area contributed by atoms with Crippen LogP contribution in [0.25, 0.3) is 21.5 Å². The Kier molecular flexibility index (Phi) is 6.53. The van der Waals surface area contributed by atoms with Gasteiger partial charge >= 0.3 is 0 Å². The highest BCUT2D eigenvalue weighted by molar-refractivity contribution is 6.08. The van der Waals surface area contributed by atoms with Gasteiger partial charge in [-0.3, -0.25) is 0 Å². The summed E-state index contributed by atoms with van der Waals surface area (Å²) in [5.74, 6) is 0. The van der Waals surface area contributed by atoms with Crippen molar-refractivity contribution in [2.75, 3.05) is 18.0 Å². The smallest absolute Gasteiger partial charge is 0.217 e. The second-order valence-corrected chi connectivity index (χ2v) is 12.0. The van der Waals surface area contributed by atoms with Crippen molar-refractivity contribution in [2.45, 2.75) is 58.3 Å². The van der Waals surface area contributed by atoms with Gasteiger partial charge in [-0.05, 0) is 48.7 Å². The highest BCUT2D eigenvalue weighted by Crippen LogP contribution is 2.51. The van der Waals surface area contributed by atoms with Crippen LogP contribution in [0.5, 0.6) is 0 Å². The van der Waals surface area contributed by atoms with Crippen molar-refractivity contribution in [1.29, 1.82) is 0 Å². The van der Waals surface area contributed by atoms with Crippen molar-refractivity contribution < 1.29 is 4.58 Å². The molecule has 1 unspecified atom stereocenters. The largest absolute Gasteiger partial charge is 0.344 e. The molecule has 202 valence electrons. The van der Waals surface area contributed by atoms with Gasteiger partial charge in [-0.2, -0.15) is 4.58 Å². The number of rotatable bonds is 7. The molecule has 0 saturated carbocycles. The minimum absolute atomic E-state index is 0.0766. The Hall–Kier alpha value is -3.91. The van der Waals surface area contributed by atoms with Crippen molar-refractivity contribution in [3.8, 4) is 0 Å². The maximum absolute atomic E-state index is 4.17. The van der Waals surface area contributed by atoms with E-state index in [1.54, 1.807) is 0 Å². The van der Waals surface area contributed by atoms with Gasteiger partial charge in [0.15, 0.2) is 5.71 Å². The summed E-state index contributed by atoms with van der Waals surface area (Å²) >= 11 is 0. The zero-order valence-electron chi connectivity index (χ0n) is 24.7. The van der Waals surface area contributed by atoms with Crippen LogP contribution in [0.2, 0.25) is 0 Å². The molecule has 40 heavy (non-hydrogen) atoms. The molecule has 0 aliphatic carbocycles. The van der Waals surface area contributed by atoms with Crippen LogP contribution in [-0.2, 0) is 10.8 Å². The van der Waals surface area contributed by atoms with Crippen LogP contribution in [0.3, 0.4) is 0 Å². The first-order chi connectivity index (χ1) is 19.4. The molecule has 0 radical (unpaired) electrons. The van der Waals surface area contributed by atoms with Crippen LogP contribution in [0.4, 0.5) is 11.4 Å². The lowest BCUT2D eigenvalue weighted by Crippen LogP contribution is -2.31. The van der Waals surface area contributed by atoms with Gasteiger partial charge in [0, 0.05) is 41.1 Å². The Labute approximate surface area is 239 Å². The monoisotopic (exact) mass is 525 g/mol. The highest BCUT2D eigenvalue weighted by Gasteiger charge is 2.47. The Morgan fingerprint density at radius 3 is 2.15 bits per heavy atom. The fraction of sp³-hybridized carbons (Fsp3) is 0.289. The SMILES string of the molecule is C=CCC1(C)C(/C=C/C=C2/N(CC)c3c(ccc4ccccc34)C2(C)C)=[N+](CCC)c2c1ccc1ccccc21. The fourth-order valence-corrected chi connectivity index (χ4v) is 7.28. The maximum atomic E-state index is 4.17. The van der Waals surface area contributed by atoms with Crippen molar-refractivity contribution in [3.63, 3.8) is 0 Å². The van der Waals surface area contributed by atoms with Crippen LogP contribution in [-0.4, -0.2) is 23.4 Å². The summed E-state index contributed by atoms with van der Waals surface area (Å²) in [5, 5.41) is 5.27. The number of hydrogen-bond acceptors (Lipinski definition) is 1. The summed E-state index contributed by atoms with van der Waals surface area (Å²) in [6, 6.07) is 26.8. The molecule has 0 spiro atoms. The van der Waals surface area contributed by atoms with Gasteiger partial charge in [-0.15, -0.1) is 6.58 Å². The van der Waals surface area contributed by atoms with Gasteiger partial charge in [0.1, 0.15) is 6.54 Å². The van der Waals surface area contributed by atoms with Crippen molar-refractivity contribution in [2.24, 2.45) is 0 Å². The van der Waals surface area contributed by atoms with E-state index in [4.69, 9.17) is 0 Å². The van der Waals surface area contributed by atoms with Crippen LogP contribution >= 0.6 is 0 Å². The third kappa shape index (κ3) is 3.80. The normalized spacial score (nSPS) is 20.7. The molecule has 2 aliphatic rings. The molecule has 0 amide bonds. The zero-order chi connectivity index (χ0) is 28.1. The lowest BCUT2D eigenvalue weighted by atomic mass is 9.76. The van der Waals surface area contributed by atoms with Gasteiger partial charge in [0.25, 0.3) is 0 Å². The van der Waals surface area contributed by atoms with Crippen LogP contribution in [0, 0.1) is 0 Å². The molecular weight excluding hydrogens is 484 g/mol. The van der Waals surface area contributed by atoms with Crippen molar-refractivity contribution in [3.05, 3.63) is 121 Å². The first-order valence-corrected chi connectivity index (χ1v) is 14.8. The number of allylic oxidation sites excluding steroid dienone is 5. The average Bonchev–Trinajstić information content (AvgIpc) is 3.33. The predicted octanol–water partition coefficient (Wildman–Crippen LogP) is 9.59. The van der Waals surface area contributed by atoms with E-state index in [0.717, 1.165) is 25.9 Å². The third-order valence-corrected chi connectivity index (χ3v) is 9.22. The minimum Gasteiger partial charge on any atom is -0.344 e. The van der Waals surface area contributed by atoms with E-state index in [2.05, 4.69) is 148 Å². The fourth-order valence-electron chi connectivity index (χ4n) is 7.28. The summed E-state index contributed by atoms with van der Waals surface area (Å²) < 4.78 is 2.58. The van der Waals surface area contributed by atoms with E-state index in [-0.39, 0.29) is 10.8 Å². The molecule has 4 aromatic carbocycles. The third-order valence-electron chi connectivity index (χ3n) is 9.22. The van der Waals surface area contributed by atoms with Crippen LogP contribution in [0.1, 0.15) is 58.6 Å². The second kappa shape index (κ2) is 9.93. The predicted molar refractivity (Wildman–Crippen MR) is 173 cm³/mol. The van der Waals surface area contributed by atoms with Crippen LogP contribution < -0.4 is 4.90 Å². The summed E-state index contributed by atoms with van der Waals surface area (Å²) in [7, 11) is 0. The van der Waals surface area contributed by atoms with E-state index in [9.17, 15) is 0 Å². The number of likely N-dealkylation sites (N-methyl/N-ethyl adjacent to an activating group) is 1. The summed E-state index contributed by atoms with van der Waals surface area (Å²) in [5.41, 5.74) is 8.05. The molecule has 4 aromatic rings. The first-order valence-electron chi connectivity index (χ1n) is 14.8. The van der Waals surface area contributed by atoms with Crippen molar-refractivity contribution >= 4 is 38.6 Å². The Bertz CT molecular complexity index is 1730. The lowest BCUT2D eigenvalue weighted by Gasteiger charge is -2.26. The number of fused-ring (bicyclic) bond motifs is 6. The van der Waals surface area contributed by atoms with E-state index in [0.29, 0.717) is 0 Å². The summed E-state index contributed by atoms with van der Waals surface area (Å²) in [6.45, 7) is 17.8. The molecule has 2 heteroatoms. The number of anilines is 1. The van der Waals surface area contributed by atoms with E-state index >= 15 is 0 Å². The van der Waals surface area contributed by atoms with Crippen molar-refractivity contribution in [1.82, 2.24) is 0 Å². The molecule has 1 atom stereocenters. The standard InChI is InChI=1S/C38H41N2/c1-7-25-38(6)32-24-22-28-16-11-13-18-30(28)36(32)40(26-8-2)34(38)20-14-19-33-37(4,5)31-23-21-27-15-10-12-17-29(27)35(31)39(33)9-3/h7,10-24H,1,8-9,25-26H2,2-6H3/q+1. The first kappa shape index (κ1) is 26.3. The number of hydrogen-bond donors (Lipinski definition) is 0. The van der Waals surface area contributed by atoms with Crippen LogP contribution in [0.15, 0.2) is 109 Å². The Morgan fingerprint density at radius 2 is 1.48 bits per heavy atom. The molecule has 0 saturated heterocycles. The molecule has 0 N–H and O–H groups in total. The molecule has 0 fully saturated rings. The summed E-state index contributed by atoms with van der Waals surface area (Å²) in [6.07, 6.45) is 11.1. The van der Waals surface area contributed by atoms with Gasteiger partial charge in [-0.1, -0.05) is 99.7 Å². The molecule has 2 nitrogen and oxygen atoms in total. The van der Waals surface area contributed by atoms with Gasteiger partial charge in [-0.25, -0.2) is 0 Å². The maximum Gasteiger partial charge on any atom is 0.217 e. The topological polar surface area (TPSA) is 6.25 Å². The van der Waals surface area contributed by atoms with Gasteiger partial charge < -0.3 is 4.90 Å². The minimum atomic E-state index is -0.125.